The number of carboxylic acid groups (broad SMARTS) is 1. The molecular weight excluding hydrogens is 228 g/mol. The van der Waals surface area contributed by atoms with Gasteiger partial charge in [0.05, 0.1) is 24.5 Å². The van der Waals surface area contributed by atoms with Gasteiger partial charge in [-0.3, -0.25) is 4.79 Å². The number of carbonyl (C=O) groups is 1. The fraction of sp³-hybridized carbons (Fsp3) is 0.533. The molecule has 0 aromatic heterocycles. The molecule has 0 spiro atoms. The van der Waals surface area contributed by atoms with Crippen LogP contribution in [0.15, 0.2) is 12.1 Å². The molecule has 1 fully saturated rings. The van der Waals surface area contributed by atoms with Crippen LogP contribution in [-0.4, -0.2) is 24.3 Å². The van der Waals surface area contributed by atoms with Crippen LogP contribution in [0.1, 0.15) is 29.2 Å². The summed E-state index contributed by atoms with van der Waals surface area (Å²) in [5.41, 5.74) is 4.39. The molecule has 1 saturated heterocycles. The van der Waals surface area contributed by atoms with E-state index in [1.807, 2.05) is 0 Å². The summed E-state index contributed by atoms with van der Waals surface area (Å²) in [6, 6.07) is 4.27. The van der Waals surface area contributed by atoms with Crippen LogP contribution in [0.25, 0.3) is 0 Å². The summed E-state index contributed by atoms with van der Waals surface area (Å²) in [5, 5.41) is 9.30. The first kappa shape index (κ1) is 13.1. The number of hydrogen-bond acceptors (Lipinski definition) is 2. The van der Waals surface area contributed by atoms with Crippen molar-refractivity contribution in [2.45, 2.75) is 33.1 Å². The minimum absolute atomic E-state index is 0.353. The third-order valence-electron chi connectivity index (χ3n) is 4.30. The highest BCUT2D eigenvalue weighted by atomic mass is 16.5. The van der Waals surface area contributed by atoms with Crippen molar-refractivity contribution < 1.29 is 14.6 Å². The summed E-state index contributed by atoms with van der Waals surface area (Å²) in [6.07, 6.45) is 0. The molecule has 0 aliphatic carbocycles. The maximum atomic E-state index is 11.3. The van der Waals surface area contributed by atoms with Gasteiger partial charge in [-0.05, 0) is 43.0 Å². The van der Waals surface area contributed by atoms with E-state index in [2.05, 4.69) is 32.9 Å². The molecule has 1 N–H and O–H groups in total. The minimum atomic E-state index is -0.754. The normalized spacial score (nSPS) is 19.1. The lowest BCUT2D eigenvalue weighted by Gasteiger charge is -2.45. The van der Waals surface area contributed by atoms with Gasteiger partial charge < -0.3 is 9.84 Å². The third-order valence-corrected chi connectivity index (χ3v) is 4.30. The minimum Gasteiger partial charge on any atom is -0.481 e. The molecule has 1 aliphatic rings. The van der Waals surface area contributed by atoms with E-state index < -0.39 is 11.9 Å². The molecular formula is C15H20O3. The Balaban J connectivity index is 2.51. The summed E-state index contributed by atoms with van der Waals surface area (Å²) < 4.78 is 5.33. The molecule has 3 heteroatoms. The Bertz CT molecular complexity index is 487. The molecule has 18 heavy (non-hydrogen) atoms. The molecule has 0 amide bonds. The van der Waals surface area contributed by atoms with Gasteiger partial charge in [0.15, 0.2) is 0 Å². The quantitative estimate of drug-likeness (QED) is 0.894. The predicted octanol–water partition coefficient (Wildman–Crippen LogP) is 2.60. The Labute approximate surface area is 108 Å². The van der Waals surface area contributed by atoms with E-state index in [1.165, 1.54) is 11.1 Å². The summed E-state index contributed by atoms with van der Waals surface area (Å²) in [6.45, 7) is 8.98. The van der Waals surface area contributed by atoms with Crippen molar-refractivity contribution in [2.24, 2.45) is 5.92 Å². The lowest BCUT2D eigenvalue weighted by atomic mass is 9.67. The van der Waals surface area contributed by atoms with Gasteiger partial charge in [-0.2, -0.15) is 0 Å². The maximum Gasteiger partial charge on any atom is 0.307 e. The van der Waals surface area contributed by atoms with Crippen molar-refractivity contribution in [3.8, 4) is 0 Å². The molecule has 1 heterocycles. The highest BCUT2D eigenvalue weighted by Gasteiger charge is 2.49. The van der Waals surface area contributed by atoms with Crippen LogP contribution in [0, 0.1) is 26.7 Å². The SMILES string of the molecule is Cc1cc(C)c(C2(C(C)C(=O)O)COC2)cc1C. The van der Waals surface area contributed by atoms with Gasteiger partial charge in [0, 0.05) is 0 Å². The van der Waals surface area contributed by atoms with Crippen LogP contribution in [0.2, 0.25) is 0 Å². The second-order valence-corrected chi connectivity index (χ2v) is 5.46. The molecule has 1 aromatic carbocycles. The van der Waals surface area contributed by atoms with Crippen LogP contribution in [0.4, 0.5) is 0 Å². The molecule has 0 radical (unpaired) electrons. The Morgan fingerprint density at radius 1 is 1.22 bits per heavy atom. The summed E-state index contributed by atoms with van der Waals surface area (Å²) in [5.74, 6) is -1.18. The largest absolute Gasteiger partial charge is 0.481 e. The highest BCUT2D eigenvalue weighted by molar-refractivity contribution is 5.72. The van der Waals surface area contributed by atoms with E-state index in [9.17, 15) is 9.90 Å². The monoisotopic (exact) mass is 248 g/mol. The van der Waals surface area contributed by atoms with Gasteiger partial charge in [0.2, 0.25) is 0 Å². The number of ether oxygens (including phenoxy) is 1. The number of hydrogen-bond donors (Lipinski definition) is 1. The molecule has 3 nitrogen and oxygen atoms in total. The number of rotatable bonds is 3. The smallest absolute Gasteiger partial charge is 0.307 e. The molecule has 2 rings (SSSR count). The van der Waals surface area contributed by atoms with Gasteiger partial charge in [-0.1, -0.05) is 19.1 Å². The third kappa shape index (κ3) is 1.83. The van der Waals surface area contributed by atoms with E-state index in [4.69, 9.17) is 4.74 Å². The van der Waals surface area contributed by atoms with E-state index in [0.717, 1.165) is 11.1 Å². The fourth-order valence-corrected chi connectivity index (χ4v) is 2.69. The van der Waals surface area contributed by atoms with Crippen LogP contribution in [-0.2, 0) is 14.9 Å². The average molecular weight is 248 g/mol. The van der Waals surface area contributed by atoms with Crippen molar-refractivity contribution >= 4 is 5.97 Å². The summed E-state index contributed by atoms with van der Waals surface area (Å²) in [7, 11) is 0. The molecule has 0 saturated carbocycles. The van der Waals surface area contributed by atoms with E-state index >= 15 is 0 Å². The lowest BCUT2D eigenvalue weighted by Crippen LogP contribution is -2.54. The Morgan fingerprint density at radius 2 is 1.78 bits per heavy atom. The second-order valence-electron chi connectivity index (χ2n) is 5.46. The van der Waals surface area contributed by atoms with Gasteiger partial charge >= 0.3 is 5.97 Å². The van der Waals surface area contributed by atoms with Crippen molar-refractivity contribution in [2.75, 3.05) is 13.2 Å². The predicted molar refractivity (Wildman–Crippen MR) is 69.9 cm³/mol. The van der Waals surface area contributed by atoms with Crippen molar-refractivity contribution in [3.05, 3.63) is 34.4 Å². The first-order valence-electron chi connectivity index (χ1n) is 6.27. The van der Waals surface area contributed by atoms with Crippen LogP contribution < -0.4 is 0 Å². The van der Waals surface area contributed by atoms with Gasteiger partial charge in [-0.25, -0.2) is 0 Å². The molecule has 98 valence electrons. The second kappa shape index (κ2) is 4.39. The van der Waals surface area contributed by atoms with E-state index in [1.54, 1.807) is 6.92 Å². The van der Waals surface area contributed by atoms with Crippen molar-refractivity contribution in [1.29, 1.82) is 0 Å². The molecule has 0 bridgehead atoms. The molecule has 1 atom stereocenters. The topological polar surface area (TPSA) is 46.5 Å². The lowest BCUT2D eigenvalue weighted by molar-refractivity contribution is -0.155. The zero-order valence-corrected chi connectivity index (χ0v) is 11.4. The standard InChI is InChI=1S/C15H20O3/c1-9-5-11(3)13(6-10(9)2)15(7-18-8-15)12(4)14(16)17/h5-6,12H,7-8H2,1-4H3,(H,16,17). The zero-order valence-electron chi connectivity index (χ0n) is 11.4. The average Bonchev–Trinajstić information content (AvgIpc) is 2.23. The Morgan fingerprint density at radius 3 is 2.22 bits per heavy atom. The number of benzene rings is 1. The number of aliphatic carboxylic acids is 1. The van der Waals surface area contributed by atoms with E-state index in [-0.39, 0.29) is 5.41 Å². The van der Waals surface area contributed by atoms with Gasteiger partial charge in [-0.15, -0.1) is 0 Å². The van der Waals surface area contributed by atoms with Crippen molar-refractivity contribution in [1.82, 2.24) is 0 Å². The molecule has 1 unspecified atom stereocenters. The van der Waals surface area contributed by atoms with Crippen molar-refractivity contribution in [3.63, 3.8) is 0 Å². The van der Waals surface area contributed by atoms with E-state index in [0.29, 0.717) is 13.2 Å². The Hall–Kier alpha value is -1.35. The first-order chi connectivity index (χ1) is 8.38. The summed E-state index contributed by atoms with van der Waals surface area (Å²) >= 11 is 0. The van der Waals surface area contributed by atoms with Crippen LogP contribution in [0.5, 0.6) is 0 Å². The number of aryl methyl sites for hydroxylation is 3. The van der Waals surface area contributed by atoms with Gasteiger partial charge in [0.1, 0.15) is 0 Å². The first-order valence-corrected chi connectivity index (χ1v) is 6.27. The zero-order chi connectivity index (χ0) is 13.5. The van der Waals surface area contributed by atoms with Crippen LogP contribution >= 0.6 is 0 Å². The van der Waals surface area contributed by atoms with Crippen LogP contribution in [0.3, 0.4) is 0 Å². The highest BCUT2D eigenvalue weighted by Crippen LogP contribution is 2.41. The number of carboxylic acids is 1. The molecule has 1 aliphatic heterocycles. The molecule has 1 aromatic rings. The summed E-state index contributed by atoms with van der Waals surface area (Å²) in [4.78, 5) is 11.3. The Kier molecular flexibility index (Phi) is 3.20. The fourth-order valence-electron chi connectivity index (χ4n) is 2.69. The van der Waals surface area contributed by atoms with Gasteiger partial charge in [0.25, 0.3) is 0 Å². The maximum absolute atomic E-state index is 11.3.